The van der Waals surface area contributed by atoms with Crippen molar-refractivity contribution in [2.24, 2.45) is 0 Å². The number of sulfone groups is 1. The zero-order valence-electron chi connectivity index (χ0n) is 15.7. The quantitative estimate of drug-likeness (QED) is 0.835. The summed E-state index contributed by atoms with van der Waals surface area (Å²) >= 11 is 0. The van der Waals surface area contributed by atoms with Crippen LogP contribution >= 0.6 is 0 Å². The number of carbonyl (C=O) groups excluding carboxylic acids is 1. The number of para-hydroxylation sites is 1. The third-order valence-corrected chi connectivity index (χ3v) is 6.23. The van der Waals surface area contributed by atoms with Crippen LogP contribution in [-0.4, -0.2) is 42.1 Å². The van der Waals surface area contributed by atoms with E-state index in [1.165, 1.54) is 0 Å². The molecule has 1 aliphatic rings. The highest BCUT2D eigenvalue weighted by molar-refractivity contribution is 7.91. The summed E-state index contributed by atoms with van der Waals surface area (Å²) in [5, 5.41) is 13.9. The van der Waals surface area contributed by atoms with Gasteiger partial charge in [-0.3, -0.25) is 4.79 Å². The zero-order valence-corrected chi connectivity index (χ0v) is 16.5. The van der Waals surface area contributed by atoms with Gasteiger partial charge in [-0.05, 0) is 35.6 Å². The maximum atomic E-state index is 12.5. The smallest absolute Gasteiger partial charge is 0.276 e. The van der Waals surface area contributed by atoms with Crippen molar-refractivity contribution >= 4 is 27.2 Å². The van der Waals surface area contributed by atoms with Crippen molar-refractivity contribution in [3.63, 3.8) is 0 Å². The lowest BCUT2D eigenvalue weighted by molar-refractivity contribution is 0.102. The maximum absolute atomic E-state index is 12.5. The number of carbonyl (C=O) groups is 1. The second-order valence-corrected chi connectivity index (χ2v) is 10.0. The summed E-state index contributed by atoms with van der Waals surface area (Å²) in [6.45, 7) is 6.25. The molecule has 1 aromatic carbocycles. The molecule has 144 valence electrons. The van der Waals surface area contributed by atoms with E-state index in [4.69, 9.17) is 0 Å². The van der Waals surface area contributed by atoms with E-state index in [0.29, 0.717) is 12.2 Å². The highest BCUT2D eigenvalue weighted by Crippen LogP contribution is 2.29. The molecule has 1 aliphatic heterocycles. The van der Waals surface area contributed by atoms with E-state index >= 15 is 0 Å². The molecule has 1 unspecified atom stereocenters. The SMILES string of the molecule is CC(C)(C)c1ccccc1NC(=O)c1ccc(NC2CCS(=O)(=O)C2)nn1. The lowest BCUT2D eigenvalue weighted by Gasteiger charge is -2.22. The largest absolute Gasteiger partial charge is 0.365 e. The fraction of sp³-hybridized carbons (Fsp3) is 0.421. The van der Waals surface area contributed by atoms with E-state index in [0.717, 1.165) is 11.3 Å². The molecule has 3 rings (SSSR count). The Balaban J connectivity index is 1.68. The van der Waals surface area contributed by atoms with Gasteiger partial charge in [-0.2, -0.15) is 0 Å². The Morgan fingerprint density at radius 2 is 1.85 bits per heavy atom. The van der Waals surface area contributed by atoms with Gasteiger partial charge in [0.05, 0.1) is 11.5 Å². The van der Waals surface area contributed by atoms with Gasteiger partial charge in [0.25, 0.3) is 5.91 Å². The maximum Gasteiger partial charge on any atom is 0.276 e. The van der Waals surface area contributed by atoms with Crippen molar-refractivity contribution in [2.45, 2.75) is 38.6 Å². The van der Waals surface area contributed by atoms with Crippen LogP contribution in [0.3, 0.4) is 0 Å². The third kappa shape index (κ3) is 4.82. The van der Waals surface area contributed by atoms with Crippen molar-refractivity contribution in [3.8, 4) is 0 Å². The van der Waals surface area contributed by atoms with Gasteiger partial charge in [0.1, 0.15) is 5.82 Å². The minimum Gasteiger partial charge on any atom is -0.365 e. The number of hydrogen-bond acceptors (Lipinski definition) is 6. The molecule has 1 fully saturated rings. The van der Waals surface area contributed by atoms with Gasteiger partial charge in [0.2, 0.25) is 0 Å². The van der Waals surface area contributed by atoms with Gasteiger partial charge >= 0.3 is 0 Å². The molecule has 2 heterocycles. The molecule has 1 saturated heterocycles. The predicted molar refractivity (Wildman–Crippen MR) is 106 cm³/mol. The number of benzene rings is 1. The molecule has 1 amide bonds. The lowest BCUT2D eigenvalue weighted by Crippen LogP contribution is -2.22. The molecule has 0 radical (unpaired) electrons. The van der Waals surface area contributed by atoms with Gasteiger partial charge in [-0.25, -0.2) is 8.42 Å². The van der Waals surface area contributed by atoms with Gasteiger partial charge < -0.3 is 10.6 Å². The number of nitrogens with zero attached hydrogens (tertiary/aromatic N) is 2. The van der Waals surface area contributed by atoms with Crippen LogP contribution in [0.15, 0.2) is 36.4 Å². The molecular weight excluding hydrogens is 364 g/mol. The average molecular weight is 388 g/mol. The van der Waals surface area contributed by atoms with Crippen molar-refractivity contribution < 1.29 is 13.2 Å². The molecular formula is C19H24N4O3S. The van der Waals surface area contributed by atoms with E-state index < -0.39 is 9.84 Å². The highest BCUT2D eigenvalue weighted by Gasteiger charge is 2.28. The Labute approximate surface area is 159 Å². The first kappa shape index (κ1) is 19.3. The minimum atomic E-state index is -2.96. The first-order valence-corrected chi connectivity index (χ1v) is 10.7. The topological polar surface area (TPSA) is 101 Å². The Bertz CT molecular complexity index is 934. The van der Waals surface area contributed by atoms with Crippen LogP contribution in [0.4, 0.5) is 11.5 Å². The molecule has 8 heteroatoms. The summed E-state index contributed by atoms with van der Waals surface area (Å²) in [6, 6.07) is 10.7. The average Bonchev–Trinajstić information content (AvgIpc) is 2.93. The Morgan fingerprint density at radius 1 is 1.11 bits per heavy atom. The Kier molecular flexibility index (Phi) is 5.19. The second kappa shape index (κ2) is 7.26. The van der Waals surface area contributed by atoms with E-state index in [-0.39, 0.29) is 34.6 Å². The molecule has 27 heavy (non-hydrogen) atoms. The standard InChI is InChI=1S/C19H24N4O3S/c1-19(2,3)14-6-4-5-7-15(14)21-18(24)16-8-9-17(23-22-16)20-13-10-11-27(25,26)12-13/h4-9,13H,10-12H2,1-3H3,(H,20,23)(H,21,24). The number of anilines is 2. The number of rotatable bonds is 4. The molecule has 7 nitrogen and oxygen atoms in total. The molecule has 2 aromatic rings. The van der Waals surface area contributed by atoms with Crippen LogP contribution in [0.1, 0.15) is 43.2 Å². The van der Waals surface area contributed by atoms with Gasteiger partial charge in [0, 0.05) is 11.7 Å². The second-order valence-electron chi connectivity index (χ2n) is 7.80. The lowest BCUT2D eigenvalue weighted by atomic mass is 9.86. The summed E-state index contributed by atoms with van der Waals surface area (Å²) in [5.41, 5.74) is 1.87. The molecule has 1 atom stereocenters. The van der Waals surface area contributed by atoms with Crippen LogP contribution in [0.2, 0.25) is 0 Å². The zero-order chi connectivity index (χ0) is 19.7. The molecule has 1 aromatic heterocycles. The molecule has 2 N–H and O–H groups in total. The van der Waals surface area contributed by atoms with E-state index in [9.17, 15) is 13.2 Å². The van der Waals surface area contributed by atoms with Crippen molar-refractivity contribution in [1.29, 1.82) is 0 Å². The van der Waals surface area contributed by atoms with Crippen molar-refractivity contribution in [2.75, 3.05) is 22.1 Å². The summed E-state index contributed by atoms with van der Waals surface area (Å²) in [6.07, 6.45) is 0.551. The normalized spacial score (nSPS) is 18.9. The van der Waals surface area contributed by atoms with Crippen LogP contribution in [0.25, 0.3) is 0 Å². The molecule has 0 saturated carbocycles. The summed E-state index contributed by atoms with van der Waals surface area (Å²) in [4.78, 5) is 12.5. The predicted octanol–water partition coefficient (Wildman–Crippen LogP) is 2.63. The molecule has 0 bridgehead atoms. The first-order chi connectivity index (χ1) is 12.6. The number of amides is 1. The molecule has 0 aliphatic carbocycles. The van der Waals surface area contributed by atoms with E-state index in [1.807, 2.05) is 24.3 Å². The fourth-order valence-electron chi connectivity index (χ4n) is 3.08. The van der Waals surface area contributed by atoms with Crippen LogP contribution in [0.5, 0.6) is 0 Å². The fourth-order valence-corrected chi connectivity index (χ4v) is 4.75. The summed E-state index contributed by atoms with van der Waals surface area (Å²) in [7, 11) is -2.96. The number of aromatic nitrogens is 2. The first-order valence-electron chi connectivity index (χ1n) is 8.86. The van der Waals surface area contributed by atoms with Gasteiger partial charge in [-0.1, -0.05) is 39.0 Å². The van der Waals surface area contributed by atoms with E-state index in [1.54, 1.807) is 12.1 Å². The Morgan fingerprint density at radius 3 is 2.44 bits per heavy atom. The van der Waals surface area contributed by atoms with Gasteiger partial charge in [0.15, 0.2) is 15.5 Å². The Hall–Kier alpha value is -2.48. The van der Waals surface area contributed by atoms with Crippen molar-refractivity contribution in [1.82, 2.24) is 10.2 Å². The minimum absolute atomic E-state index is 0.0977. The monoisotopic (exact) mass is 388 g/mol. The number of nitrogens with one attached hydrogen (secondary N) is 2. The summed E-state index contributed by atoms with van der Waals surface area (Å²) < 4.78 is 23.0. The van der Waals surface area contributed by atoms with Gasteiger partial charge in [-0.15, -0.1) is 10.2 Å². The molecule has 0 spiro atoms. The highest BCUT2D eigenvalue weighted by atomic mass is 32.2. The number of hydrogen-bond donors (Lipinski definition) is 2. The van der Waals surface area contributed by atoms with Crippen LogP contribution in [-0.2, 0) is 15.3 Å². The summed E-state index contributed by atoms with van der Waals surface area (Å²) in [5.74, 6) is 0.407. The van der Waals surface area contributed by atoms with E-state index in [2.05, 4.69) is 41.6 Å². The van der Waals surface area contributed by atoms with Crippen LogP contribution < -0.4 is 10.6 Å². The third-order valence-electron chi connectivity index (χ3n) is 4.46. The van der Waals surface area contributed by atoms with Crippen LogP contribution in [0, 0.1) is 0 Å². The van der Waals surface area contributed by atoms with Crippen molar-refractivity contribution in [3.05, 3.63) is 47.7 Å².